The van der Waals surface area contributed by atoms with Gasteiger partial charge in [0.2, 0.25) is 0 Å². The molecule has 1 saturated heterocycles. The largest absolute Gasteiger partial charge is 0.328 e. The Bertz CT molecular complexity index is 225. The third kappa shape index (κ3) is 2.32. The van der Waals surface area contributed by atoms with E-state index in [0.29, 0.717) is 6.04 Å². The van der Waals surface area contributed by atoms with Gasteiger partial charge in [0, 0.05) is 29.6 Å². The van der Waals surface area contributed by atoms with Crippen LogP contribution in [0.15, 0.2) is 0 Å². The number of carbonyl (C=O) groups excluding carboxylic acids is 1. The van der Waals surface area contributed by atoms with Crippen molar-refractivity contribution in [1.29, 1.82) is 0 Å². The molecule has 82 valence electrons. The van der Waals surface area contributed by atoms with E-state index >= 15 is 0 Å². The van der Waals surface area contributed by atoms with Crippen molar-refractivity contribution in [3.8, 4) is 0 Å². The number of alkyl halides is 1. The van der Waals surface area contributed by atoms with E-state index in [2.05, 4.69) is 43.4 Å². The lowest BCUT2D eigenvalue weighted by molar-refractivity contribution is 0.0639. The maximum atomic E-state index is 12.0. The van der Waals surface area contributed by atoms with Gasteiger partial charge in [-0.15, -0.1) is 0 Å². The van der Waals surface area contributed by atoms with Crippen LogP contribution >= 0.6 is 22.6 Å². The Labute approximate surface area is 100.0 Å². The van der Waals surface area contributed by atoms with Crippen LogP contribution < -0.4 is 0 Å². The molecule has 14 heavy (non-hydrogen) atoms. The third-order valence-corrected chi connectivity index (χ3v) is 3.61. The minimum atomic E-state index is -0.0679. The lowest BCUT2D eigenvalue weighted by atomic mass is 10.0. The van der Waals surface area contributed by atoms with Crippen LogP contribution in [0.25, 0.3) is 0 Å². The number of nitrogens with zero attached hydrogens (tertiary/aromatic N) is 2. The molecule has 0 aromatic carbocycles. The second-order valence-electron chi connectivity index (χ2n) is 4.84. The van der Waals surface area contributed by atoms with Gasteiger partial charge < -0.3 is 9.80 Å². The van der Waals surface area contributed by atoms with E-state index in [0.717, 1.165) is 17.4 Å². The van der Waals surface area contributed by atoms with E-state index < -0.39 is 0 Å². The van der Waals surface area contributed by atoms with Gasteiger partial charge >= 0.3 is 6.03 Å². The molecule has 0 aromatic rings. The Balaban J connectivity index is 2.88. The zero-order chi connectivity index (χ0) is 10.9. The fraction of sp³-hybridized carbons (Fsp3) is 0.900. The summed E-state index contributed by atoms with van der Waals surface area (Å²) < 4.78 is 1.02. The van der Waals surface area contributed by atoms with Crippen LogP contribution in [0.2, 0.25) is 0 Å². The van der Waals surface area contributed by atoms with Crippen molar-refractivity contribution in [2.75, 3.05) is 18.0 Å². The van der Waals surface area contributed by atoms with Crippen LogP contribution in [0.3, 0.4) is 0 Å². The van der Waals surface area contributed by atoms with Crippen LogP contribution in [0.5, 0.6) is 0 Å². The van der Waals surface area contributed by atoms with E-state index in [-0.39, 0.29) is 11.6 Å². The van der Waals surface area contributed by atoms with E-state index in [1.165, 1.54) is 0 Å². The highest BCUT2D eigenvalue weighted by Crippen LogP contribution is 2.25. The van der Waals surface area contributed by atoms with Crippen molar-refractivity contribution in [2.24, 2.45) is 0 Å². The maximum Gasteiger partial charge on any atom is 0.320 e. The third-order valence-electron chi connectivity index (χ3n) is 2.60. The second-order valence-corrected chi connectivity index (χ2v) is 5.72. The molecule has 4 heteroatoms. The van der Waals surface area contributed by atoms with E-state index in [4.69, 9.17) is 0 Å². The van der Waals surface area contributed by atoms with Crippen LogP contribution in [-0.4, -0.2) is 45.4 Å². The number of hydrogen-bond donors (Lipinski definition) is 0. The molecule has 0 radical (unpaired) electrons. The Morgan fingerprint density at radius 1 is 1.50 bits per heavy atom. The second kappa shape index (κ2) is 4.24. The highest BCUT2D eigenvalue weighted by Gasteiger charge is 2.37. The molecule has 2 amide bonds. The van der Waals surface area contributed by atoms with Crippen molar-refractivity contribution in [1.82, 2.24) is 9.80 Å². The molecular formula is C10H19IN2O. The summed E-state index contributed by atoms with van der Waals surface area (Å²) in [5.41, 5.74) is -0.0679. The first-order valence-corrected chi connectivity index (χ1v) is 6.51. The first kappa shape index (κ1) is 12.1. The van der Waals surface area contributed by atoms with Gasteiger partial charge in [-0.25, -0.2) is 4.79 Å². The van der Waals surface area contributed by atoms with Gasteiger partial charge in [0.15, 0.2) is 0 Å². The Hall–Kier alpha value is 0. The highest BCUT2D eigenvalue weighted by molar-refractivity contribution is 14.1. The number of rotatable bonds is 1. The van der Waals surface area contributed by atoms with E-state index in [1.54, 1.807) is 0 Å². The van der Waals surface area contributed by atoms with Crippen molar-refractivity contribution >= 4 is 28.6 Å². The summed E-state index contributed by atoms with van der Waals surface area (Å²) in [6.45, 7) is 7.19. The van der Waals surface area contributed by atoms with Gasteiger partial charge in [-0.1, -0.05) is 22.6 Å². The molecule has 0 aliphatic carbocycles. The molecule has 1 unspecified atom stereocenters. The van der Waals surface area contributed by atoms with Crippen LogP contribution in [0, 0.1) is 0 Å². The average Bonchev–Trinajstić information content (AvgIpc) is 2.07. The predicted molar refractivity (Wildman–Crippen MR) is 66.9 cm³/mol. The Morgan fingerprint density at radius 3 is 2.50 bits per heavy atom. The van der Waals surface area contributed by atoms with Gasteiger partial charge in [0.1, 0.15) is 0 Å². The van der Waals surface area contributed by atoms with Crippen molar-refractivity contribution < 1.29 is 4.79 Å². The highest BCUT2D eigenvalue weighted by atomic mass is 127. The molecule has 0 saturated carbocycles. The van der Waals surface area contributed by atoms with E-state index in [1.807, 2.05) is 16.8 Å². The number of hydrogen-bond acceptors (Lipinski definition) is 1. The smallest absolute Gasteiger partial charge is 0.320 e. The number of carbonyl (C=O) groups is 1. The quantitative estimate of drug-likeness (QED) is 0.539. The van der Waals surface area contributed by atoms with E-state index in [9.17, 15) is 4.79 Å². The summed E-state index contributed by atoms with van der Waals surface area (Å²) in [6, 6.07) is 0.574. The summed E-state index contributed by atoms with van der Waals surface area (Å²) >= 11 is 2.37. The fourth-order valence-corrected chi connectivity index (χ4v) is 2.72. The zero-order valence-corrected chi connectivity index (χ0v) is 11.5. The first-order valence-electron chi connectivity index (χ1n) is 4.98. The van der Waals surface area contributed by atoms with Gasteiger partial charge in [-0.2, -0.15) is 0 Å². The number of amides is 2. The summed E-state index contributed by atoms with van der Waals surface area (Å²) in [4.78, 5) is 15.8. The molecule has 3 nitrogen and oxygen atoms in total. The van der Waals surface area contributed by atoms with Gasteiger partial charge in [-0.3, -0.25) is 0 Å². The average molecular weight is 310 g/mol. The Kier molecular flexibility index (Phi) is 3.66. The topological polar surface area (TPSA) is 23.6 Å². The van der Waals surface area contributed by atoms with Crippen molar-refractivity contribution in [3.05, 3.63) is 0 Å². The van der Waals surface area contributed by atoms with Gasteiger partial charge in [0.05, 0.1) is 0 Å². The molecule has 1 aliphatic rings. The van der Waals surface area contributed by atoms with Crippen LogP contribution in [-0.2, 0) is 0 Å². The summed E-state index contributed by atoms with van der Waals surface area (Å²) in [7, 11) is 1.88. The molecule has 1 rings (SSSR count). The molecule has 1 heterocycles. The molecule has 0 aromatic heterocycles. The van der Waals surface area contributed by atoms with Crippen molar-refractivity contribution in [2.45, 2.75) is 38.8 Å². The lowest BCUT2D eigenvalue weighted by Gasteiger charge is -2.46. The molecule has 1 atom stereocenters. The predicted octanol–water partition coefficient (Wildman–Crippen LogP) is 2.35. The van der Waals surface area contributed by atoms with Gasteiger partial charge in [-0.05, 0) is 27.2 Å². The molecule has 1 aliphatic heterocycles. The number of urea groups is 1. The summed E-state index contributed by atoms with van der Waals surface area (Å²) in [5, 5.41) is 0. The Morgan fingerprint density at radius 2 is 2.07 bits per heavy atom. The minimum Gasteiger partial charge on any atom is -0.328 e. The first-order chi connectivity index (χ1) is 6.38. The molecule has 0 N–H and O–H groups in total. The normalized spacial score (nSPS) is 24.4. The van der Waals surface area contributed by atoms with Crippen LogP contribution in [0.4, 0.5) is 4.79 Å². The van der Waals surface area contributed by atoms with Crippen molar-refractivity contribution in [3.63, 3.8) is 0 Å². The number of halogens is 1. The molecular weight excluding hydrogens is 291 g/mol. The van der Waals surface area contributed by atoms with Crippen LogP contribution in [0.1, 0.15) is 27.2 Å². The monoisotopic (exact) mass is 310 g/mol. The maximum absolute atomic E-state index is 12.0. The van der Waals surface area contributed by atoms with Gasteiger partial charge in [0.25, 0.3) is 0 Å². The lowest BCUT2D eigenvalue weighted by Crippen LogP contribution is -2.60. The summed E-state index contributed by atoms with van der Waals surface area (Å²) in [5.74, 6) is 0. The standard InChI is InChI=1S/C10H19IN2O/c1-10(2,3)13-8(7-11)5-6-12(4)9(13)14/h8H,5-7H2,1-4H3. The molecule has 0 spiro atoms. The fourth-order valence-electron chi connectivity index (χ4n) is 1.89. The molecule has 1 fully saturated rings. The zero-order valence-electron chi connectivity index (χ0n) is 9.38. The summed E-state index contributed by atoms with van der Waals surface area (Å²) in [6.07, 6.45) is 1.09. The minimum absolute atomic E-state index is 0.0679. The SMILES string of the molecule is CN1CCC(CI)N(C(C)(C)C)C1=O. The molecule has 0 bridgehead atoms.